The molecule has 1 aromatic rings. The second kappa shape index (κ2) is 3.82. The van der Waals surface area contributed by atoms with Gasteiger partial charge in [-0.05, 0) is 37.0 Å². The average molecular weight is 221 g/mol. The molecule has 86 valence electrons. The molecule has 1 aliphatic carbocycles. The van der Waals surface area contributed by atoms with Gasteiger partial charge in [-0.3, -0.25) is 0 Å². The summed E-state index contributed by atoms with van der Waals surface area (Å²) in [5.74, 6) is -0.145. The van der Waals surface area contributed by atoms with Gasteiger partial charge >= 0.3 is 0 Å². The van der Waals surface area contributed by atoms with Crippen molar-refractivity contribution in [3.63, 3.8) is 0 Å². The molecule has 2 nitrogen and oxygen atoms in total. The number of ether oxygens (including phenoxy) is 1. The van der Waals surface area contributed by atoms with Crippen molar-refractivity contribution in [3.05, 3.63) is 35.6 Å². The molecule has 1 N–H and O–H groups in total. The summed E-state index contributed by atoms with van der Waals surface area (Å²) in [6.07, 6.45) is 3.27. The zero-order valence-electron chi connectivity index (χ0n) is 9.21. The number of nitrogens with one attached hydrogen (secondary N) is 1. The van der Waals surface area contributed by atoms with Crippen LogP contribution in [0.15, 0.2) is 24.3 Å². The topological polar surface area (TPSA) is 21.3 Å². The van der Waals surface area contributed by atoms with Gasteiger partial charge < -0.3 is 10.1 Å². The van der Waals surface area contributed by atoms with Crippen molar-refractivity contribution >= 4 is 0 Å². The predicted octanol–water partition coefficient (Wildman–Crippen LogP) is 2.19. The van der Waals surface area contributed by atoms with E-state index in [1.807, 2.05) is 6.07 Å². The van der Waals surface area contributed by atoms with E-state index in [2.05, 4.69) is 5.32 Å². The molecular weight excluding hydrogens is 205 g/mol. The number of rotatable bonds is 3. The number of hydrogen-bond donors (Lipinski definition) is 1. The fourth-order valence-electron chi connectivity index (χ4n) is 2.47. The molecule has 2 fully saturated rings. The van der Waals surface area contributed by atoms with Gasteiger partial charge in [-0.25, -0.2) is 4.39 Å². The summed E-state index contributed by atoms with van der Waals surface area (Å²) in [5, 5.41) is 3.62. The standard InChI is InChI=1S/C13H16FNO/c14-11-3-1-2-10(8-11)13(5-6-13)15-12-4-7-16-9-12/h1-3,8,12,15H,4-7,9H2. The van der Waals surface area contributed by atoms with Crippen LogP contribution in [0.3, 0.4) is 0 Å². The van der Waals surface area contributed by atoms with E-state index < -0.39 is 0 Å². The lowest BCUT2D eigenvalue weighted by molar-refractivity contribution is 0.187. The van der Waals surface area contributed by atoms with Crippen LogP contribution in [-0.2, 0) is 10.3 Å². The van der Waals surface area contributed by atoms with E-state index >= 15 is 0 Å². The van der Waals surface area contributed by atoms with Crippen molar-refractivity contribution in [2.24, 2.45) is 0 Å². The third-order valence-corrected chi connectivity index (χ3v) is 3.54. The van der Waals surface area contributed by atoms with Crippen molar-refractivity contribution in [2.45, 2.75) is 30.8 Å². The Morgan fingerprint density at radius 1 is 1.38 bits per heavy atom. The summed E-state index contributed by atoms with van der Waals surface area (Å²) in [4.78, 5) is 0. The van der Waals surface area contributed by atoms with Gasteiger partial charge in [0.1, 0.15) is 5.82 Å². The van der Waals surface area contributed by atoms with Crippen LogP contribution in [0.2, 0.25) is 0 Å². The molecule has 1 aliphatic heterocycles. The summed E-state index contributed by atoms with van der Waals surface area (Å²) in [5.41, 5.74) is 1.11. The molecular formula is C13H16FNO. The van der Waals surface area contributed by atoms with Crippen molar-refractivity contribution < 1.29 is 9.13 Å². The molecule has 3 heteroatoms. The van der Waals surface area contributed by atoms with E-state index in [0.29, 0.717) is 6.04 Å². The molecule has 3 rings (SSSR count). The van der Waals surface area contributed by atoms with Crippen molar-refractivity contribution in [1.29, 1.82) is 0 Å². The van der Waals surface area contributed by atoms with E-state index in [1.54, 1.807) is 12.1 Å². The smallest absolute Gasteiger partial charge is 0.123 e. The molecule has 1 aromatic carbocycles. The van der Waals surface area contributed by atoms with Crippen LogP contribution in [0.1, 0.15) is 24.8 Å². The lowest BCUT2D eigenvalue weighted by atomic mass is 10.0. The van der Waals surface area contributed by atoms with Gasteiger partial charge in [-0.15, -0.1) is 0 Å². The van der Waals surface area contributed by atoms with Gasteiger partial charge in [-0.1, -0.05) is 12.1 Å². The molecule has 0 spiro atoms. The van der Waals surface area contributed by atoms with E-state index in [1.165, 1.54) is 6.07 Å². The Morgan fingerprint density at radius 2 is 2.25 bits per heavy atom. The van der Waals surface area contributed by atoms with E-state index in [9.17, 15) is 4.39 Å². The number of halogens is 1. The van der Waals surface area contributed by atoms with Crippen LogP contribution >= 0.6 is 0 Å². The van der Waals surface area contributed by atoms with Gasteiger partial charge in [0.2, 0.25) is 0 Å². The molecule has 1 saturated heterocycles. The maximum atomic E-state index is 13.2. The average Bonchev–Trinajstić information content (AvgIpc) is 2.87. The molecule has 0 bridgehead atoms. The highest BCUT2D eigenvalue weighted by molar-refractivity contribution is 5.30. The van der Waals surface area contributed by atoms with Crippen LogP contribution in [0.4, 0.5) is 4.39 Å². The van der Waals surface area contributed by atoms with Crippen LogP contribution < -0.4 is 5.32 Å². The number of benzene rings is 1. The molecule has 0 amide bonds. The molecule has 1 unspecified atom stereocenters. The zero-order valence-corrected chi connectivity index (χ0v) is 9.21. The quantitative estimate of drug-likeness (QED) is 0.844. The highest BCUT2D eigenvalue weighted by Gasteiger charge is 2.45. The summed E-state index contributed by atoms with van der Waals surface area (Å²) in [6, 6.07) is 7.38. The molecule has 0 radical (unpaired) electrons. The maximum Gasteiger partial charge on any atom is 0.123 e. The Morgan fingerprint density at radius 3 is 2.88 bits per heavy atom. The minimum absolute atomic E-state index is 0.0282. The van der Waals surface area contributed by atoms with Crippen molar-refractivity contribution in [1.82, 2.24) is 5.32 Å². The normalized spacial score (nSPS) is 26.9. The lowest BCUT2D eigenvalue weighted by Gasteiger charge is -2.22. The predicted molar refractivity (Wildman–Crippen MR) is 59.7 cm³/mol. The first kappa shape index (κ1) is 10.2. The Bertz CT molecular complexity index is 383. The van der Waals surface area contributed by atoms with Gasteiger partial charge in [0.05, 0.1) is 6.61 Å². The molecule has 1 saturated carbocycles. The summed E-state index contributed by atoms with van der Waals surface area (Å²) in [6.45, 7) is 1.63. The molecule has 2 aliphatic rings. The lowest BCUT2D eigenvalue weighted by Crippen LogP contribution is -2.38. The third-order valence-electron chi connectivity index (χ3n) is 3.54. The van der Waals surface area contributed by atoms with Crippen molar-refractivity contribution in [3.8, 4) is 0 Å². The van der Waals surface area contributed by atoms with Crippen LogP contribution in [0, 0.1) is 5.82 Å². The third kappa shape index (κ3) is 1.85. The molecule has 16 heavy (non-hydrogen) atoms. The van der Waals surface area contributed by atoms with Crippen LogP contribution in [0.25, 0.3) is 0 Å². The number of hydrogen-bond acceptors (Lipinski definition) is 2. The highest BCUT2D eigenvalue weighted by Crippen LogP contribution is 2.46. The zero-order chi connectivity index (χ0) is 11.0. The van der Waals surface area contributed by atoms with Gasteiger partial charge in [0.25, 0.3) is 0 Å². The first-order valence-corrected chi connectivity index (χ1v) is 5.90. The molecule has 1 atom stereocenters. The Kier molecular flexibility index (Phi) is 2.45. The van der Waals surface area contributed by atoms with Gasteiger partial charge in [-0.2, -0.15) is 0 Å². The Hall–Kier alpha value is -0.930. The second-order valence-corrected chi connectivity index (χ2v) is 4.80. The van der Waals surface area contributed by atoms with E-state index in [0.717, 1.165) is 38.0 Å². The Labute approximate surface area is 94.8 Å². The van der Waals surface area contributed by atoms with Gasteiger partial charge in [0, 0.05) is 18.2 Å². The first-order chi connectivity index (χ1) is 7.78. The summed E-state index contributed by atoms with van der Waals surface area (Å²) in [7, 11) is 0. The fraction of sp³-hybridized carbons (Fsp3) is 0.538. The van der Waals surface area contributed by atoms with Crippen LogP contribution in [0.5, 0.6) is 0 Å². The SMILES string of the molecule is Fc1cccc(C2(NC3CCOC3)CC2)c1. The van der Waals surface area contributed by atoms with Gasteiger partial charge in [0.15, 0.2) is 0 Å². The van der Waals surface area contributed by atoms with E-state index in [-0.39, 0.29) is 11.4 Å². The summed E-state index contributed by atoms with van der Waals surface area (Å²) < 4.78 is 18.5. The minimum atomic E-state index is -0.145. The maximum absolute atomic E-state index is 13.2. The Balaban J connectivity index is 1.77. The second-order valence-electron chi connectivity index (χ2n) is 4.80. The molecule has 0 aromatic heterocycles. The highest BCUT2D eigenvalue weighted by atomic mass is 19.1. The minimum Gasteiger partial charge on any atom is -0.380 e. The summed E-state index contributed by atoms with van der Waals surface area (Å²) >= 11 is 0. The molecule has 1 heterocycles. The first-order valence-electron chi connectivity index (χ1n) is 5.90. The van der Waals surface area contributed by atoms with Crippen LogP contribution in [-0.4, -0.2) is 19.3 Å². The largest absolute Gasteiger partial charge is 0.380 e. The van der Waals surface area contributed by atoms with Crippen molar-refractivity contribution in [2.75, 3.05) is 13.2 Å². The fourth-order valence-corrected chi connectivity index (χ4v) is 2.47. The van der Waals surface area contributed by atoms with E-state index in [4.69, 9.17) is 4.74 Å². The monoisotopic (exact) mass is 221 g/mol.